The molecule has 0 spiro atoms. The summed E-state index contributed by atoms with van der Waals surface area (Å²) in [5.74, 6) is -1.07. The van der Waals surface area contributed by atoms with E-state index in [1.54, 1.807) is 79.9 Å². The van der Waals surface area contributed by atoms with E-state index in [2.05, 4.69) is 16.0 Å². The summed E-state index contributed by atoms with van der Waals surface area (Å²) in [5, 5.41) is 7.88. The van der Waals surface area contributed by atoms with Crippen molar-refractivity contribution in [2.24, 2.45) is 0 Å². The van der Waals surface area contributed by atoms with Gasteiger partial charge in [0, 0.05) is 27.9 Å². The van der Waals surface area contributed by atoms with E-state index in [9.17, 15) is 18.8 Å². The Kier molecular flexibility index (Phi) is 10.6. The van der Waals surface area contributed by atoms with Crippen molar-refractivity contribution in [3.05, 3.63) is 162 Å². The highest BCUT2D eigenvalue weighted by Crippen LogP contribution is 2.37. The van der Waals surface area contributed by atoms with Crippen molar-refractivity contribution in [3.63, 3.8) is 0 Å². The molecule has 230 valence electrons. The molecule has 0 saturated carbocycles. The number of hydrogen-bond acceptors (Lipinski definition) is 5. The van der Waals surface area contributed by atoms with Gasteiger partial charge in [-0.15, -0.1) is 11.8 Å². The Hall–Kier alpha value is -5.67. The summed E-state index contributed by atoms with van der Waals surface area (Å²) in [5.41, 5.74) is 2.72. The lowest BCUT2D eigenvalue weighted by Gasteiger charge is -2.18. The number of thioether (sulfide) groups is 1. The van der Waals surface area contributed by atoms with Crippen LogP contribution in [0.3, 0.4) is 0 Å². The van der Waals surface area contributed by atoms with Gasteiger partial charge in [0.1, 0.15) is 22.5 Å². The predicted octanol–water partition coefficient (Wildman–Crippen LogP) is 7.72. The lowest BCUT2D eigenvalue weighted by Crippen LogP contribution is -2.30. The Bertz CT molecular complexity index is 1850. The van der Waals surface area contributed by atoms with E-state index in [0.717, 1.165) is 10.5 Å². The number of halogens is 1. The molecule has 3 N–H and O–H groups in total. The standard InChI is InChI=1S/C37H30FN3O4S/c1-45-31-16-8-14-29(23-31)40-37(44)34(26-10-4-2-5-11-26)46-32-17-9-15-30(24-32)39-36(43)33(22-25-18-20-28(38)21-19-25)41-35(42)27-12-6-3-7-13-27/h2-24,34H,1H3,(H,39,43)(H,40,44)(H,41,42)/b33-22-. The second-order valence-electron chi connectivity index (χ2n) is 10.0. The molecular formula is C37H30FN3O4S. The number of benzene rings is 5. The van der Waals surface area contributed by atoms with Crippen LogP contribution in [0, 0.1) is 5.82 Å². The Morgan fingerprint density at radius 1 is 0.739 bits per heavy atom. The number of carbonyl (C=O) groups excluding carboxylic acids is 3. The average Bonchev–Trinajstić information content (AvgIpc) is 3.08. The number of anilines is 2. The molecule has 0 aromatic heterocycles. The molecule has 0 aliphatic rings. The first-order valence-electron chi connectivity index (χ1n) is 14.3. The predicted molar refractivity (Wildman–Crippen MR) is 180 cm³/mol. The molecule has 3 amide bonds. The van der Waals surface area contributed by atoms with E-state index in [-0.39, 0.29) is 11.6 Å². The van der Waals surface area contributed by atoms with Crippen molar-refractivity contribution in [2.75, 3.05) is 17.7 Å². The van der Waals surface area contributed by atoms with Gasteiger partial charge in [-0.05, 0) is 71.8 Å². The highest BCUT2D eigenvalue weighted by Gasteiger charge is 2.23. The van der Waals surface area contributed by atoms with Gasteiger partial charge in [0.2, 0.25) is 5.91 Å². The van der Waals surface area contributed by atoms with Crippen molar-refractivity contribution in [2.45, 2.75) is 10.1 Å². The van der Waals surface area contributed by atoms with Crippen molar-refractivity contribution >= 4 is 46.9 Å². The van der Waals surface area contributed by atoms with Crippen LogP contribution in [0.4, 0.5) is 15.8 Å². The highest BCUT2D eigenvalue weighted by atomic mass is 32.2. The summed E-state index contributed by atoms with van der Waals surface area (Å²) >= 11 is 1.33. The molecular weight excluding hydrogens is 601 g/mol. The summed E-state index contributed by atoms with van der Waals surface area (Å²) < 4.78 is 18.8. The summed E-state index contributed by atoms with van der Waals surface area (Å²) in [6.07, 6.45) is 1.47. The number of ether oxygens (including phenoxy) is 1. The molecule has 9 heteroatoms. The van der Waals surface area contributed by atoms with Crippen LogP contribution < -0.4 is 20.7 Å². The fraction of sp³-hybridized carbons (Fsp3) is 0.0541. The summed E-state index contributed by atoms with van der Waals surface area (Å²) in [6, 6.07) is 37.7. The summed E-state index contributed by atoms with van der Waals surface area (Å²) in [7, 11) is 1.56. The largest absolute Gasteiger partial charge is 0.497 e. The van der Waals surface area contributed by atoms with Crippen LogP contribution in [0.1, 0.15) is 26.7 Å². The quantitative estimate of drug-likeness (QED) is 0.103. The van der Waals surface area contributed by atoms with Gasteiger partial charge < -0.3 is 20.7 Å². The zero-order chi connectivity index (χ0) is 32.3. The van der Waals surface area contributed by atoms with Gasteiger partial charge >= 0.3 is 0 Å². The number of nitrogens with one attached hydrogen (secondary N) is 3. The second kappa shape index (κ2) is 15.4. The van der Waals surface area contributed by atoms with Crippen molar-refractivity contribution in [1.82, 2.24) is 5.32 Å². The first kappa shape index (κ1) is 31.7. The third-order valence-corrected chi connectivity index (χ3v) is 7.98. The van der Waals surface area contributed by atoms with E-state index in [0.29, 0.717) is 28.3 Å². The molecule has 46 heavy (non-hydrogen) atoms. The van der Waals surface area contributed by atoms with E-state index in [4.69, 9.17) is 4.74 Å². The molecule has 0 saturated heterocycles. The molecule has 0 aliphatic heterocycles. The molecule has 5 aromatic rings. The molecule has 1 atom stereocenters. The van der Waals surface area contributed by atoms with Crippen LogP contribution in [0.2, 0.25) is 0 Å². The van der Waals surface area contributed by atoms with Crippen molar-refractivity contribution in [3.8, 4) is 5.75 Å². The molecule has 0 radical (unpaired) electrons. The van der Waals surface area contributed by atoms with E-state index in [1.165, 1.54) is 42.1 Å². The third kappa shape index (κ3) is 8.71. The van der Waals surface area contributed by atoms with Gasteiger partial charge in [-0.25, -0.2) is 4.39 Å². The Balaban J connectivity index is 1.37. The molecule has 0 aliphatic carbocycles. The van der Waals surface area contributed by atoms with Crippen LogP contribution in [0.5, 0.6) is 5.75 Å². The van der Waals surface area contributed by atoms with E-state index < -0.39 is 22.9 Å². The fourth-order valence-corrected chi connectivity index (χ4v) is 5.54. The lowest BCUT2D eigenvalue weighted by molar-refractivity contribution is -0.116. The van der Waals surface area contributed by atoms with Gasteiger partial charge in [-0.3, -0.25) is 14.4 Å². The van der Waals surface area contributed by atoms with Gasteiger partial charge in [0.25, 0.3) is 11.8 Å². The molecule has 7 nitrogen and oxygen atoms in total. The number of methoxy groups -OCH3 is 1. The van der Waals surface area contributed by atoms with Gasteiger partial charge in [0.15, 0.2) is 0 Å². The Labute approximate surface area is 270 Å². The average molecular weight is 632 g/mol. The minimum Gasteiger partial charge on any atom is -0.497 e. The topological polar surface area (TPSA) is 96.5 Å². The minimum absolute atomic E-state index is 0.0293. The maximum atomic E-state index is 13.6. The van der Waals surface area contributed by atoms with Crippen LogP contribution in [-0.4, -0.2) is 24.8 Å². The van der Waals surface area contributed by atoms with E-state index in [1.807, 2.05) is 36.4 Å². The number of amides is 3. The summed E-state index contributed by atoms with van der Waals surface area (Å²) in [6.45, 7) is 0. The van der Waals surface area contributed by atoms with Crippen LogP contribution >= 0.6 is 11.8 Å². The number of hydrogen-bond donors (Lipinski definition) is 3. The zero-order valence-corrected chi connectivity index (χ0v) is 25.6. The molecule has 0 fully saturated rings. The molecule has 0 heterocycles. The molecule has 1 unspecified atom stereocenters. The van der Waals surface area contributed by atoms with Crippen molar-refractivity contribution < 1.29 is 23.5 Å². The smallest absolute Gasteiger partial charge is 0.272 e. The summed E-state index contributed by atoms with van der Waals surface area (Å²) in [4.78, 5) is 40.8. The van der Waals surface area contributed by atoms with Gasteiger partial charge in [0.05, 0.1) is 7.11 Å². The molecule has 5 rings (SSSR count). The van der Waals surface area contributed by atoms with Gasteiger partial charge in [-0.2, -0.15) is 0 Å². The van der Waals surface area contributed by atoms with Gasteiger partial charge in [-0.1, -0.05) is 72.8 Å². The zero-order valence-electron chi connectivity index (χ0n) is 24.8. The SMILES string of the molecule is COc1cccc(NC(=O)C(Sc2cccc(NC(=O)/C(=C/c3ccc(F)cc3)NC(=O)c3ccccc3)c2)c2ccccc2)c1. The maximum Gasteiger partial charge on any atom is 0.272 e. The lowest BCUT2D eigenvalue weighted by atomic mass is 10.1. The highest BCUT2D eigenvalue weighted by molar-refractivity contribution is 8.00. The molecule has 5 aromatic carbocycles. The minimum atomic E-state index is -0.613. The van der Waals surface area contributed by atoms with Crippen LogP contribution in [-0.2, 0) is 9.59 Å². The first-order valence-corrected chi connectivity index (χ1v) is 15.2. The van der Waals surface area contributed by atoms with Crippen LogP contribution in [0.15, 0.2) is 144 Å². The number of carbonyl (C=O) groups is 3. The van der Waals surface area contributed by atoms with Crippen LogP contribution in [0.25, 0.3) is 6.08 Å². The Morgan fingerprint density at radius 3 is 2.09 bits per heavy atom. The Morgan fingerprint density at radius 2 is 1.39 bits per heavy atom. The second-order valence-corrected chi connectivity index (χ2v) is 11.2. The van der Waals surface area contributed by atoms with E-state index >= 15 is 0 Å². The fourth-order valence-electron chi connectivity index (χ4n) is 4.46. The third-order valence-electron chi connectivity index (χ3n) is 6.73. The maximum absolute atomic E-state index is 13.6. The molecule has 0 bridgehead atoms. The monoisotopic (exact) mass is 631 g/mol. The van der Waals surface area contributed by atoms with Crippen molar-refractivity contribution in [1.29, 1.82) is 0 Å². The normalized spacial score (nSPS) is 11.7. The number of rotatable bonds is 11. The first-order chi connectivity index (χ1) is 22.4.